The van der Waals surface area contributed by atoms with Gasteiger partial charge in [-0.3, -0.25) is 0 Å². The van der Waals surface area contributed by atoms with Crippen molar-refractivity contribution in [3.05, 3.63) is 65.7 Å². The molecule has 3 nitrogen and oxygen atoms in total. The van der Waals surface area contributed by atoms with Gasteiger partial charge < -0.3 is 15.4 Å². The van der Waals surface area contributed by atoms with Crippen LogP contribution in [0.15, 0.2) is 54.6 Å². The largest absolute Gasteiger partial charge is 0.496 e. The zero-order valence-corrected chi connectivity index (χ0v) is 14.0. The molecule has 0 saturated carbocycles. The maximum absolute atomic E-state index is 5.46. The van der Waals surface area contributed by atoms with E-state index in [-0.39, 0.29) is 0 Å². The Balaban J connectivity index is 1.72. The van der Waals surface area contributed by atoms with Gasteiger partial charge in [0.1, 0.15) is 5.75 Å². The first kappa shape index (κ1) is 16.0. The van der Waals surface area contributed by atoms with Crippen LogP contribution in [0.25, 0.3) is 0 Å². The lowest BCUT2D eigenvalue weighted by Crippen LogP contribution is -2.48. The molecule has 0 radical (unpaired) electrons. The monoisotopic (exact) mass is 310 g/mol. The lowest BCUT2D eigenvalue weighted by molar-refractivity contribution is 0.250. The molecule has 0 spiro atoms. The molecule has 1 heterocycles. The predicted molar refractivity (Wildman–Crippen MR) is 94.6 cm³/mol. The lowest BCUT2D eigenvalue weighted by Gasteiger charge is -2.37. The first-order chi connectivity index (χ1) is 11.3. The number of rotatable bonds is 5. The molecule has 2 N–H and O–H groups in total. The summed E-state index contributed by atoms with van der Waals surface area (Å²) < 4.78 is 5.46. The van der Waals surface area contributed by atoms with Crippen LogP contribution in [-0.4, -0.2) is 19.7 Å². The number of ether oxygens (including phenoxy) is 1. The molecule has 1 fully saturated rings. The summed E-state index contributed by atoms with van der Waals surface area (Å²) in [4.78, 5) is 0. The Labute approximate surface area is 139 Å². The van der Waals surface area contributed by atoms with Gasteiger partial charge in [-0.25, -0.2) is 0 Å². The van der Waals surface area contributed by atoms with E-state index < -0.39 is 0 Å². The highest BCUT2D eigenvalue weighted by molar-refractivity contribution is 5.33. The van der Waals surface area contributed by atoms with Gasteiger partial charge >= 0.3 is 0 Å². The summed E-state index contributed by atoms with van der Waals surface area (Å²) in [6.45, 7) is 4.21. The van der Waals surface area contributed by atoms with Crippen LogP contribution in [0.1, 0.15) is 30.5 Å². The molecule has 2 aromatic carbocycles. The van der Waals surface area contributed by atoms with Crippen LogP contribution in [0.2, 0.25) is 0 Å². The second-order valence-electron chi connectivity index (χ2n) is 6.44. The van der Waals surface area contributed by atoms with E-state index in [1.165, 1.54) is 17.5 Å². The molecule has 0 aliphatic carbocycles. The third kappa shape index (κ3) is 3.92. The van der Waals surface area contributed by atoms with Crippen LogP contribution >= 0.6 is 0 Å². The first-order valence-electron chi connectivity index (χ1n) is 8.41. The molecule has 0 amide bonds. The van der Waals surface area contributed by atoms with E-state index in [1.807, 2.05) is 12.1 Å². The van der Waals surface area contributed by atoms with Gasteiger partial charge in [0.05, 0.1) is 7.11 Å². The zero-order chi connectivity index (χ0) is 16.1. The molecule has 3 atom stereocenters. The molecular formula is C20H26N2O. The lowest BCUT2D eigenvalue weighted by atomic mass is 9.87. The molecule has 23 heavy (non-hydrogen) atoms. The standard InChI is InChI=1S/C20H26N2O/c1-15-12-18(20(22-13-15)16-8-4-3-5-9-16)21-14-17-10-6-7-11-19(17)23-2/h3-11,15,18,20-22H,12-14H2,1-2H3. The van der Waals surface area contributed by atoms with Crippen LogP contribution < -0.4 is 15.4 Å². The summed E-state index contributed by atoms with van der Waals surface area (Å²) in [5.74, 6) is 1.64. The van der Waals surface area contributed by atoms with E-state index in [4.69, 9.17) is 4.74 Å². The van der Waals surface area contributed by atoms with Gasteiger partial charge in [0.25, 0.3) is 0 Å². The Morgan fingerprint density at radius 2 is 1.83 bits per heavy atom. The summed E-state index contributed by atoms with van der Waals surface area (Å²) in [6.07, 6.45) is 1.18. The highest BCUT2D eigenvalue weighted by atomic mass is 16.5. The molecule has 2 aromatic rings. The van der Waals surface area contributed by atoms with Gasteiger partial charge in [0.2, 0.25) is 0 Å². The van der Waals surface area contributed by atoms with Crippen LogP contribution in [0, 0.1) is 5.92 Å². The van der Waals surface area contributed by atoms with Gasteiger partial charge in [-0.1, -0.05) is 55.5 Å². The third-order valence-corrected chi connectivity index (χ3v) is 4.65. The fourth-order valence-electron chi connectivity index (χ4n) is 3.43. The Morgan fingerprint density at radius 3 is 2.61 bits per heavy atom. The number of hydrogen-bond donors (Lipinski definition) is 2. The smallest absolute Gasteiger partial charge is 0.123 e. The van der Waals surface area contributed by atoms with Crippen molar-refractivity contribution in [3.8, 4) is 5.75 Å². The molecule has 3 heteroatoms. The number of hydrogen-bond acceptors (Lipinski definition) is 3. The second kappa shape index (κ2) is 7.62. The van der Waals surface area contributed by atoms with E-state index in [2.05, 4.69) is 60.0 Å². The van der Waals surface area contributed by atoms with Gasteiger partial charge in [-0.2, -0.15) is 0 Å². The van der Waals surface area contributed by atoms with Gasteiger partial charge in [0, 0.05) is 24.2 Å². The number of piperidine rings is 1. The normalized spacial score (nSPS) is 24.3. The van der Waals surface area contributed by atoms with E-state index in [0.717, 1.165) is 18.8 Å². The van der Waals surface area contributed by atoms with Gasteiger partial charge in [-0.15, -0.1) is 0 Å². The average Bonchev–Trinajstić information content (AvgIpc) is 2.61. The highest BCUT2D eigenvalue weighted by Gasteiger charge is 2.29. The fraction of sp³-hybridized carbons (Fsp3) is 0.400. The van der Waals surface area contributed by atoms with Crippen molar-refractivity contribution in [2.75, 3.05) is 13.7 Å². The Hall–Kier alpha value is -1.84. The Morgan fingerprint density at radius 1 is 1.09 bits per heavy atom. The molecular weight excluding hydrogens is 284 g/mol. The van der Waals surface area contributed by atoms with Crippen molar-refractivity contribution >= 4 is 0 Å². The van der Waals surface area contributed by atoms with E-state index in [0.29, 0.717) is 18.0 Å². The second-order valence-corrected chi connectivity index (χ2v) is 6.44. The molecule has 0 bridgehead atoms. The van der Waals surface area contributed by atoms with Crippen LogP contribution in [0.4, 0.5) is 0 Å². The van der Waals surface area contributed by atoms with E-state index >= 15 is 0 Å². The van der Waals surface area contributed by atoms with Crippen molar-refractivity contribution < 1.29 is 4.74 Å². The molecule has 0 aromatic heterocycles. The maximum atomic E-state index is 5.46. The van der Waals surface area contributed by atoms with Crippen molar-refractivity contribution in [1.82, 2.24) is 10.6 Å². The zero-order valence-electron chi connectivity index (χ0n) is 14.0. The van der Waals surface area contributed by atoms with Gasteiger partial charge in [0.15, 0.2) is 0 Å². The molecule has 3 rings (SSSR count). The SMILES string of the molecule is COc1ccccc1CNC1CC(C)CNC1c1ccccc1. The minimum absolute atomic E-state index is 0.363. The van der Waals surface area contributed by atoms with Crippen molar-refractivity contribution in [1.29, 1.82) is 0 Å². The number of methoxy groups -OCH3 is 1. The molecule has 3 unspecified atom stereocenters. The van der Waals surface area contributed by atoms with Crippen LogP contribution in [-0.2, 0) is 6.54 Å². The maximum Gasteiger partial charge on any atom is 0.123 e. The summed E-state index contributed by atoms with van der Waals surface area (Å²) in [7, 11) is 1.73. The Kier molecular flexibility index (Phi) is 5.31. The number of nitrogens with one attached hydrogen (secondary N) is 2. The number of benzene rings is 2. The summed E-state index contributed by atoms with van der Waals surface area (Å²) in [5, 5.41) is 7.46. The highest BCUT2D eigenvalue weighted by Crippen LogP contribution is 2.27. The average molecular weight is 310 g/mol. The summed E-state index contributed by atoms with van der Waals surface area (Å²) >= 11 is 0. The summed E-state index contributed by atoms with van der Waals surface area (Å²) in [5.41, 5.74) is 2.57. The molecule has 1 aliphatic rings. The summed E-state index contributed by atoms with van der Waals surface area (Å²) in [6, 6.07) is 19.8. The fourth-order valence-corrected chi connectivity index (χ4v) is 3.43. The molecule has 1 saturated heterocycles. The number of para-hydroxylation sites is 1. The quantitative estimate of drug-likeness (QED) is 0.886. The molecule has 122 valence electrons. The topological polar surface area (TPSA) is 33.3 Å². The van der Waals surface area contributed by atoms with Crippen molar-refractivity contribution in [2.45, 2.75) is 32.0 Å². The van der Waals surface area contributed by atoms with Gasteiger partial charge in [-0.05, 0) is 30.5 Å². The van der Waals surface area contributed by atoms with Crippen LogP contribution in [0.3, 0.4) is 0 Å². The van der Waals surface area contributed by atoms with Crippen LogP contribution in [0.5, 0.6) is 5.75 Å². The molecule has 1 aliphatic heterocycles. The van der Waals surface area contributed by atoms with Crippen molar-refractivity contribution in [3.63, 3.8) is 0 Å². The first-order valence-corrected chi connectivity index (χ1v) is 8.41. The predicted octanol–water partition coefficient (Wildman–Crippen LogP) is 3.52. The minimum Gasteiger partial charge on any atom is -0.496 e. The third-order valence-electron chi connectivity index (χ3n) is 4.65. The van der Waals surface area contributed by atoms with E-state index in [1.54, 1.807) is 7.11 Å². The van der Waals surface area contributed by atoms with E-state index in [9.17, 15) is 0 Å². The van der Waals surface area contributed by atoms with Crippen molar-refractivity contribution in [2.24, 2.45) is 5.92 Å². The minimum atomic E-state index is 0.363. The Bertz CT molecular complexity index is 614.